The standard InChI is InChI=1S/C20H19ClN4O2/c1-13-3-5-14(6-4-13)10-22-20-23-11-15(12-24-20)19(26)25-16-7-8-18(27-2)17(21)9-16/h3-9,11-12H,10H2,1-2H3,(H,25,26)(H,22,23,24). The Morgan fingerprint density at radius 2 is 1.81 bits per heavy atom. The first-order valence-corrected chi connectivity index (χ1v) is 8.69. The van der Waals surface area contributed by atoms with Crippen LogP contribution < -0.4 is 15.4 Å². The van der Waals surface area contributed by atoms with E-state index in [0.717, 1.165) is 5.56 Å². The molecule has 0 atom stereocenters. The highest BCUT2D eigenvalue weighted by Crippen LogP contribution is 2.27. The summed E-state index contributed by atoms with van der Waals surface area (Å²) in [7, 11) is 1.53. The van der Waals surface area contributed by atoms with Gasteiger partial charge in [0.25, 0.3) is 5.91 Å². The quantitative estimate of drug-likeness (QED) is 0.664. The molecule has 0 aliphatic rings. The highest BCUT2D eigenvalue weighted by molar-refractivity contribution is 6.32. The molecule has 3 aromatic rings. The number of nitrogens with zero attached hydrogens (tertiary/aromatic N) is 2. The molecule has 0 bridgehead atoms. The number of carbonyl (C=O) groups is 1. The number of hydrogen-bond acceptors (Lipinski definition) is 5. The zero-order chi connectivity index (χ0) is 19.2. The van der Waals surface area contributed by atoms with Gasteiger partial charge in [0.15, 0.2) is 0 Å². The van der Waals surface area contributed by atoms with Gasteiger partial charge >= 0.3 is 0 Å². The van der Waals surface area contributed by atoms with Crippen LogP contribution in [0.4, 0.5) is 11.6 Å². The topological polar surface area (TPSA) is 76.1 Å². The minimum Gasteiger partial charge on any atom is -0.495 e. The molecule has 0 aliphatic carbocycles. The number of ether oxygens (including phenoxy) is 1. The average molecular weight is 383 g/mol. The molecule has 0 saturated heterocycles. The first-order chi connectivity index (χ1) is 13.0. The number of hydrogen-bond donors (Lipinski definition) is 2. The molecule has 0 saturated carbocycles. The molecule has 0 spiro atoms. The second kappa shape index (κ2) is 8.51. The molecule has 1 heterocycles. The summed E-state index contributed by atoms with van der Waals surface area (Å²) >= 11 is 6.06. The summed E-state index contributed by atoms with van der Waals surface area (Å²) in [6.45, 7) is 2.65. The van der Waals surface area contributed by atoms with Crippen LogP contribution in [0.25, 0.3) is 0 Å². The lowest BCUT2D eigenvalue weighted by Gasteiger charge is -2.09. The van der Waals surface area contributed by atoms with Gasteiger partial charge in [0.05, 0.1) is 17.7 Å². The summed E-state index contributed by atoms with van der Waals surface area (Å²) in [5.74, 6) is 0.683. The van der Waals surface area contributed by atoms with Gasteiger partial charge < -0.3 is 15.4 Å². The Labute approximate surface area is 162 Å². The van der Waals surface area contributed by atoms with Crippen molar-refractivity contribution in [1.82, 2.24) is 9.97 Å². The van der Waals surface area contributed by atoms with E-state index in [2.05, 4.69) is 32.7 Å². The maximum Gasteiger partial charge on any atom is 0.258 e. The Bertz CT molecular complexity index is 928. The molecule has 0 aliphatic heterocycles. The number of rotatable bonds is 6. The summed E-state index contributed by atoms with van der Waals surface area (Å²) in [5.41, 5.74) is 3.25. The van der Waals surface area contributed by atoms with Crippen LogP contribution in [0, 0.1) is 6.92 Å². The molecule has 0 unspecified atom stereocenters. The first kappa shape index (κ1) is 18.7. The van der Waals surface area contributed by atoms with Gasteiger partial charge in [-0.3, -0.25) is 4.79 Å². The van der Waals surface area contributed by atoms with Crippen LogP contribution in [-0.4, -0.2) is 23.0 Å². The Morgan fingerprint density at radius 1 is 1.11 bits per heavy atom. The zero-order valence-corrected chi connectivity index (χ0v) is 15.7. The lowest BCUT2D eigenvalue weighted by atomic mass is 10.1. The molecule has 2 N–H and O–H groups in total. The molecule has 27 heavy (non-hydrogen) atoms. The minimum absolute atomic E-state index is 0.318. The zero-order valence-electron chi connectivity index (χ0n) is 15.0. The molecular formula is C20H19ClN4O2. The third-order valence-electron chi connectivity index (χ3n) is 3.89. The predicted octanol–water partition coefficient (Wildman–Crippen LogP) is 4.31. The van der Waals surface area contributed by atoms with Gasteiger partial charge in [-0.1, -0.05) is 41.4 Å². The number of amides is 1. The molecule has 7 heteroatoms. The molecule has 1 amide bonds. The molecule has 3 rings (SSSR count). The van der Waals surface area contributed by atoms with E-state index in [1.165, 1.54) is 25.1 Å². The van der Waals surface area contributed by atoms with Crippen LogP contribution in [0.2, 0.25) is 5.02 Å². The van der Waals surface area contributed by atoms with Crippen molar-refractivity contribution in [2.45, 2.75) is 13.5 Å². The largest absolute Gasteiger partial charge is 0.495 e. The van der Waals surface area contributed by atoms with E-state index in [4.69, 9.17) is 16.3 Å². The van der Waals surface area contributed by atoms with Crippen molar-refractivity contribution < 1.29 is 9.53 Å². The maximum absolute atomic E-state index is 12.3. The van der Waals surface area contributed by atoms with Gasteiger partial charge in [0.1, 0.15) is 5.75 Å². The van der Waals surface area contributed by atoms with E-state index < -0.39 is 0 Å². The molecule has 138 valence electrons. The number of aromatic nitrogens is 2. The smallest absolute Gasteiger partial charge is 0.258 e. The number of anilines is 2. The average Bonchev–Trinajstić information content (AvgIpc) is 2.68. The van der Waals surface area contributed by atoms with Crippen molar-refractivity contribution in [2.24, 2.45) is 0 Å². The van der Waals surface area contributed by atoms with Crippen molar-refractivity contribution in [1.29, 1.82) is 0 Å². The van der Waals surface area contributed by atoms with E-state index in [1.54, 1.807) is 18.2 Å². The van der Waals surface area contributed by atoms with Crippen molar-refractivity contribution in [2.75, 3.05) is 17.7 Å². The van der Waals surface area contributed by atoms with Gasteiger partial charge in [-0.05, 0) is 30.7 Å². The highest BCUT2D eigenvalue weighted by Gasteiger charge is 2.09. The van der Waals surface area contributed by atoms with Crippen LogP contribution in [0.1, 0.15) is 21.5 Å². The number of nitrogens with one attached hydrogen (secondary N) is 2. The van der Waals surface area contributed by atoms with Crippen LogP contribution in [0.15, 0.2) is 54.9 Å². The van der Waals surface area contributed by atoms with Gasteiger partial charge in [-0.25, -0.2) is 9.97 Å². The number of carbonyl (C=O) groups excluding carboxylic acids is 1. The molecular weight excluding hydrogens is 364 g/mol. The highest BCUT2D eigenvalue weighted by atomic mass is 35.5. The lowest BCUT2D eigenvalue weighted by molar-refractivity contribution is 0.102. The Hall–Kier alpha value is -3.12. The van der Waals surface area contributed by atoms with E-state index in [-0.39, 0.29) is 5.91 Å². The van der Waals surface area contributed by atoms with Crippen molar-refractivity contribution in [3.63, 3.8) is 0 Å². The second-order valence-corrected chi connectivity index (χ2v) is 6.35. The van der Waals surface area contributed by atoms with Gasteiger partial charge in [-0.15, -0.1) is 0 Å². The van der Waals surface area contributed by atoms with Crippen LogP contribution in [0.3, 0.4) is 0 Å². The summed E-state index contributed by atoms with van der Waals surface area (Å²) in [6, 6.07) is 13.2. The van der Waals surface area contributed by atoms with Crippen molar-refractivity contribution >= 4 is 29.1 Å². The summed E-state index contributed by atoms with van der Waals surface area (Å²) in [6.07, 6.45) is 2.95. The normalized spacial score (nSPS) is 10.3. The van der Waals surface area contributed by atoms with Crippen molar-refractivity contribution in [3.8, 4) is 5.75 Å². The molecule has 1 aromatic heterocycles. The van der Waals surface area contributed by atoms with Gasteiger partial charge in [0, 0.05) is 24.6 Å². The van der Waals surface area contributed by atoms with E-state index in [0.29, 0.717) is 34.5 Å². The summed E-state index contributed by atoms with van der Waals surface area (Å²) in [4.78, 5) is 20.7. The number of methoxy groups -OCH3 is 1. The minimum atomic E-state index is -0.318. The SMILES string of the molecule is COc1ccc(NC(=O)c2cnc(NCc3ccc(C)cc3)nc2)cc1Cl. The fourth-order valence-corrected chi connectivity index (χ4v) is 2.63. The van der Waals surface area contributed by atoms with Crippen LogP contribution in [0.5, 0.6) is 5.75 Å². The Kier molecular flexibility index (Phi) is 5.88. The van der Waals surface area contributed by atoms with Crippen LogP contribution in [-0.2, 0) is 6.54 Å². The van der Waals surface area contributed by atoms with Gasteiger partial charge in [0.2, 0.25) is 5.95 Å². The van der Waals surface area contributed by atoms with Crippen molar-refractivity contribution in [3.05, 3.63) is 76.6 Å². The predicted molar refractivity (Wildman–Crippen MR) is 106 cm³/mol. The Balaban J connectivity index is 1.59. The van der Waals surface area contributed by atoms with E-state index in [1.807, 2.05) is 19.1 Å². The van der Waals surface area contributed by atoms with E-state index in [9.17, 15) is 4.79 Å². The monoisotopic (exact) mass is 382 g/mol. The third kappa shape index (κ3) is 4.95. The molecule has 0 radical (unpaired) electrons. The lowest BCUT2D eigenvalue weighted by Crippen LogP contribution is -2.13. The number of halogens is 1. The summed E-state index contributed by atoms with van der Waals surface area (Å²) < 4.78 is 5.09. The first-order valence-electron chi connectivity index (χ1n) is 8.31. The maximum atomic E-state index is 12.3. The fourth-order valence-electron chi connectivity index (χ4n) is 2.37. The second-order valence-electron chi connectivity index (χ2n) is 5.94. The third-order valence-corrected chi connectivity index (χ3v) is 4.19. The molecule has 0 fully saturated rings. The van der Waals surface area contributed by atoms with E-state index >= 15 is 0 Å². The Morgan fingerprint density at radius 3 is 2.44 bits per heavy atom. The number of benzene rings is 2. The van der Waals surface area contributed by atoms with Crippen LogP contribution >= 0.6 is 11.6 Å². The fraction of sp³-hybridized carbons (Fsp3) is 0.150. The molecule has 6 nitrogen and oxygen atoms in total. The molecule has 2 aromatic carbocycles. The summed E-state index contributed by atoms with van der Waals surface area (Å²) in [5, 5.41) is 6.30. The number of aryl methyl sites for hydroxylation is 1. The van der Waals surface area contributed by atoms with Gasteiger partial charge in [-0.2, -0.15) is 0 Å².